The highest BCUT2D eigenvalue weighted by molar-refractivity contribution is 7.99. The van der Waals surface area contributed by atoms with E-state index in [-0.39, 0.29) is 17.6 Å². The molecule has 0 radical (unpaired) electrons. The lowest BCUT2D eigenvalue weighted by Crippen LogP contribution is -2.23. The Labute approximate surface area is 97.1 Å². The van der Waals surface area contributed by atoms with Gasteiger partial charge in [0, 0.05) is 11.8 Å². The van der Waals surface area contributed by atoms with E-state index < -0.39 is 5.25 Å². The van der Waals surface area contributed by atoms with E-state index in [1.807, 2.05) is 13.8 Å². The molecule has 0 saturated heterocycles. The number of aromatic nitrogens is 2. The average molecular weight is 242 g/mol. The summed E-state index contributed by atoms with van der Waals surface area (Å²) in [4.78, 5) is 23.5. The van der Waals surface area contributed by atoms with Crippen molar-refractivity contribution in [3.05, 3.63) is 21.6 Å². The third-order valence-corrected chi connectivity index (χ3v) is 3.83. The SMILES string of the molecule is COC(=O)C1SCc2[nH]n(C(C)C)c(=O)c21. The van der Waals surface area contributed by atoms with Gasteiger partial charge >= 0.3 is 5.97 Å². The molecule has 2 rings (SSSR count). The molecule has 88 valence electrons. The van der Waals surface area contributed by atoms with E-state index >= 15 is 0 Å². The summed E-state index contributed by atoms with van der Waals surface area (Å²) >= 11 is 1.43. The van der Waals surface area contributed by atoms with Gasteiger partial charge in [-0.15, -0.1) is 11.8 Å². The van der Waals surface area contributed by atoms with E-state index in [1.165, 1.54) is 18.9 Å². The Morgan fingerprint density at radius 1 is 1.62 bits per heavy atom. The van der Waals surface area contributed by atoms with E-state index in [0.29, 0.717) is 11.3 Å². The fraction of sp³-hybridized carbons (Fsp3) is 0.600. The van der Waals surface area contributed by atoms with Gasteiger partial charge in [0.25, 0.3) is 5.56 Å². The van der Waals surface area contributed by atoms with Crippen molar-refractivity contribution in [3.8, 4) is 0 Å². The van der Waals surface area contributed by atoms with Gasteiger partial charge in [0.1, 0.15) is 5.25 Å². The first-order chi connectivity index (χ1) is 7.56. The second-order valence-corrected chi connectivity index (χ2v) is 5.08. The molecule has 1 aromatic heterocycles. The van der Waals surface area contributed by atoms with Gasteiger partial charge in [-0.25, -0.2) is 0 Å². The maximum absolute atomic E-state index is 12.0. The molecule has 0 aliphatic carbocycles. The molecule has 6 heteroatoms. The van der Waals surface area contributed by atoms with Crippen LogP contribution in [0.4, 0.5) is 0 Å². The molecule has 1 aliphatic heterocycles. The van der Waals surface area contributed by atoms with Gasteiger partial charge in [-0.1, -0.05) is 0 Å². The quantitative estimate of drug-likeness (QED) is 0.792. The molecule has 0 bridgehead atoms. The van der Waals surface area contributed by atoms with E-state index in [2.05, 4.69) is 5.10 Å². The van der Waals surface area contributed by atoms with Crippen LogP contribution in [0.2, 0.25) is 0 Å². The van der Waals surface area contributed by atoms with Crippen molar-refractivity contribution in [1.29, 1.82) is 0 Å². The van der Waals surface area contributed by atoms with Crippen LogP contribution in [-0.2, 0) is 15.3 Å². The van der Waals surface area contributed by atoms with Crippen LogP contribution in [0.3, 0.4) is 0 Å². The lowest BCUT2D eigenvalue weighted by Gasteiger charge is -2.07. The van der Waals surface area contributed by atoms with Crippen LogP contribution < -0.4 is 5.56 Å². The van der Waals surface area contributed by atoms with Crippen LogP contribution in [0.25, 0.3) is 0 Å². The van der Waals surface area contributed by atoms with Crippen molar-refractivity contribution >= 4 is 17.7 Å². The van der Waals surface area contributed by atoms with Crippen LogP contribution in [0, 0.1) is 0 Å². The van der Waals surface area contributed by atoms with Crippen molar-refractivity contribution in [2.75, 3.05) is 7.11 Å². The van der Waals surface area contributed by atoms with Crippen LogP contribution >= 0.6 is 11.8 Å². The standard InChI is InChI=1S/C10H14N2O3S/c1-5(2)12-9(13)7-6(11-12)4-16-8(7)10(14)15-3/h5,8,11H,4H2,1-3H3. The molecule has 1 aromatic rings. The molecule has 5 nitrogen and oxygen atoms in total. The Morgan fingerprint density at radius 2 is 2.31 bits per heavy atom. The number of hydrogen-bond donors (Lipinski definition) is 1. The summed E-state index contributed by atoms with van der Waals surface area (Å²) in [6.45, 7) is 3.85. The summed E-state index contributed by atoms with van der Waals surface area (Å²) in [7, 11) is 1.34. The number of H-pyrrole nitrogens is 1. The summed E-state index contributed by atoms with van der Waals surface area (Å²) in [5, 5.41) is 2.58. The summed E-state index contributed by atoms with van der Waals surface area (Å²) in [6, 6.07) is 0.0707. The minimum absolute atomic E-state index is 0.0707. The second kappa shape index (κ2) is 4.01. The highest BCUT2D eigenvalue weighted by Gasteiger charge is 2.35. The molecule has 0 fully saturated rings. The molecule has 1 N–H and O–H groups in total. The van der Waals surface area contributed by atoms with Gasteiger partial charge in [0.15, 0.2) is 0 Å². The molecule has 0 saturated carbocycles. The number of ether oxygens (including phenoxy) is 1. The number of hydrogen-bond acceptors (Lipinski definition) is 4. The first-order valence-corrected chi connectivity index (χ1v) is 6.13. The normalized spacial score (nSPS) is 18.9. The van der Waals surface area contributed by atoms with Crippen LogP contribution in [0.5, 0.6) is 0 Å². The molecule has 0 aromatic carbocycles. The van der Waals surface area contributed by atoms with E-state index in [4.69, 9.17) is 4.74 Å². The number of aromatic amines is 1. The first-order valence-electron chi connectivity index (χ1n) is 5.09. The minimum Gasteiger partial charge on any atom is -0.468 e. The highest BCUT2D eigenvalue weighted by atomic mass is 32.2. The number of carbonyl (C=O) groups excluding carboxylic acids is 1. The highest BCUT2D eigenvalue weighted by Crippen LogP contribution is 2.39. The second-order valence-electron chi connectivity index (χ2n) is 3.99. The van der Waals surface area contributed by atoms with E-state index in [1.54, 1.807) is 4.68 Å². The zero-order chi connectivity index (χ0) is 11.9. The topological polar surface area (TPSA) is 64.1 Å². The molecular formula is C10H14N2O3S. The molecule has 2 heterocycles. The van der Waals surface area contributed by atoms with Crippen molar-refractivity contribution in [2.45, 2.75) is 30.9 Å². The Hall–Kier alpha value is -1.17. The third-order valence-electron chi connectivity index (χ3n) is 2.62. The number of esters is 1. The number of thioether (sulfide) groups is 1. The number of carbonyl (C=O) groups is 1. The maximum Gasteiger partial charge on any atom is 0.323 e. The lowest BCUT2D eigenvalue weighted by molar-refractivity contribution is -0.140. The Kier molecular flexibility index (Phi) is 2.84. The summed E-state index contributed by atoms with van der Waals surface area (Å²) in [5.74, 6) is 0.306. The number of methoxy groups -OCH3 is 1. The van der Waals surface area contributed by atoms with Crippen molar-refractivity contribution in [1.82, 2.24) is 9.78 Å². The third kappa shape index (κ3) is 1.57. The lowest BCUT2D eigenvalue weighted by atomic mass is 10.2. The average Bonchev–Trinajstić information content (AvgIpc) is 2.78. The smallest absolute Gasteiger partial charge is 0.323 e. The van der Waals surface area contributed by atoms with E-state index in [9.17, 15) is 9.59 Å². The van der Waals surface area contributed by atoms with Gasteiger partial charge in [0.05, 0.1) is 18.4 Å². The maximum atomic E-state index is 12.0. The van der Waals surface area contributed by atoms with Crippen molar-refractivity contribution in [3.63, 3.8) is 0 Å². The number of fused-ring (bicyclic) bond motifs is 1. The minimum atomic E-state index is -0.469. The van der Waals surface area contributed by atoms with E-state index in [0.717, 1.165) is 5.69 Å². The fourth-order valence-electron chi connectivity index (χ4n) is 1.80. The molecular weight excluding hydrogens is 228 g/mol. The van der Waals surface area contributed by atoms with Crippen molar-refractivity contribution < 1.29 is 9.53 Å². The molecule has 1 atom stereocenters. The molecule has 0 amide bonds. The van der Waals surface area contributed by atoms with Gasteiger partial charge in [-0.2, -0.15) is 0 Å². The van der Waals surface area contributed by atoms with Gasteiger partial charge in [-0.3, -0.25) is 19.4 Å². The zero-order valence-electron chi connectivity index (χ0n) is 9.44. The Bertz CT molecular complexity index is 475. The summed E-state index contributed by atoms with van der Waals surface area (Å²) in [5.41, 5.74) is 1.30. The molecule has 16 heavy (non-hydrogen) atoms. The summed E-state index contributed by atoms with van der Waals surface area (Å²) < 4.78 is 6.25. The monoisotopic (exact) mass is 242 g/mol. The first kappa shape index (κ1) is 11.3. The van der Waals surface area contributed by atoms with Gasteiger partial charge in [-0.05, 0) is 13.8 Å². The number of nitrogens with one attached hydrogen (secondary N) is 1. The zero-order valence-corrected chi connectivity index (χ0v) is 10.3. The Balaban J connectivity index is 2.47. The fourth-order valence-corrected chi connectivity index (χ4v) is 3.00. The predicted octanol–water partition coefficient (Wildman–Crippen LogP) is 1.22. The van der Waals surface area contributed by atoms with Gasteiger partial charge in [0.2, 0.25) is 0 Å². The van der Waals surface area contributed by atoms with Crippen molar-refractivity contribution in [2.24, 2.45) is 0 Å². The molecule has 0 spiro atoms. The molecule has 1 unspecified atom stereocenters. The Morgan fingerprint density at radius 3 is 2.88 bits per heavy atom. The van der Waals surface area contributed by atoms with Crippen LogP contribution in [-0.4, -0.2) is 22.9 Å². The predicted molar refractivity (Wildman–Crippen MR) is 61.5 cm³/mol. The number of nitrogens with zero attached hydrogens (tertiary/aromatic N) is 1. The summed E-state index contributed by atoms with van der Waals surface area (Å²) in [6.07, 6.45) is 0. The van der Waals surface area contributed by atoms with Crippen LogP contribution in [0.15, 0.2) is 4.79 Å². The van der Waals surface area contributed by atoms with Crippen LogP contribution in [0.1, 0.15) is 36.4 Å². The molecule has 1 aliphatic rings. The largest absolute Gasteiger partial charge is 0.468 e. The number of rotatable bonds is 2. The van der Waals surface area contributed by atoms with Gasteiger partial charge < -0.3 is 4.74 Å².